The van der Waals surface area contributed by atoms with E-state index in [2.05, 4.69) is 15.9 Å². The third-order valence-electron chi connectivity index (χ3n) is 2.76. The Kier molecular flexibility index (Phi) is 4.72. The molecule has 0 saturated carbocycles. The highest BCUT2D eigenvalue weighted by Crippen LogP contribution is 2.29. The molecule has 0 unspecified atom stereocenters. The second kappa shape index (κ2) is 6.32. The molecule has 0 aliphatic heterocycles. The SMILES string of the molecule is O=C(O)CCCn1c(-c2ccc(F)cc2Br)csc1=O. The molecule has 4 nitrogen and oxygen atoms in total. The normalized spacial score (nSPS) is 10.7. The van der Waals surface area contributed by atoms with Crippen LogP contribution in [0.15, 0.2) is 32.8 Å². The molecule has 7 heteroatoms. The van der Waals surface area contributed by atoms with Gasteiger partial charge in [0.2, 0.25) is 0 Å². The Balaban J connectivity index is 2.33. The molecular formula is C13H11BrFNO3S. The number of aromatic nitrogens is 1. The summed E-state index contributed by atoms with van der Waals surface area (Å²) in [6, 6.07) is 4.25. The van der Waals surface area contributed by atoms with Crippen LogP contribution in [0.5, 0.6) is 0 Å². The number of thiazole rings is 1. The molecule has 0 amide bonds. The van der Waals surface area contributed by atoms with Crippen LogP contribution in [0.4, 0.5) is 4.39 Å². The summed E-state index contributed by atoms with van der Waals surface area (Å²) in [5.41, 5.74) is 1.37. The standard InChI is InChI=1S/C13H11BrFNO3S/c14-10-6-8(15)3-4-9(10)11-7-20-13(19)16(11)5-1-2-12(17)18/h3-4,6-7H,1-2,5H2,(H,17,18). The minimum Gasteiger partial charge on any atom is -0.481 e. The van der Waals surface area contributed by atoms with E-state index in [1.54, 1.807) is 11.4 Å². The van der Waals surface area contributed by atoms with Gasteiger partial charge in [-0.05, 0) is 40.5 Å². The molecule has 1 aromatic carbocycles. The lowest BCUT2D eigenvalue weighted by Gasteiger charge is -2.08. The van der Waals surface area contributed by atoms with Gasteiger partial charge in [-0.15, -0.1) is 0 Å². The number of nitrogens with zero attached hydrogens (tertiary/aromatic N) is 1. The number of carbonyl (C=O) groups is 1. The molecule has 106 valence electrons. The Morgan fingerprint density at radius 2 is 2.20 bits per heavy atom. The van der Waals surface area contributed by atoms with Crippen molar-refractivity contribution in [2.45, 2.75) is 19.4 Å². The maximum absolute atomic E-state index is 13.1. The lowest BCUT2D eigenvalue weighted by Crippen LogP contribution is -2.15. The molecule has 2 aromatic rings. The lowest BCUT2D eigenvalue weighted by atomic mass is 10.1. The fraction of sp³-hybridized carbons (Fsp3) is 0.231. The van der Waals surface area contributed by atoms with Crippen molar-refractivity contribution < 1.29 is 14.3 Å². The third kappa shape index (κ3) is 3.34. The number of carboxylic acid groups (broad SMARTS) is 1. The molecule has 0 atom stereocenters. The number of hydrogen-bond donors (Lipinski definition) is 1. The Labute approximate surface area is 126 Å². The van der Waals surface area contributed by atoms with Crippen molar-refractivity contribution in [1.29, 1.82) is 0 Å². The molecule has 0 bridgehead atoms. The molecule has 1 heterocycles. The van der Waals surface area contributed by atoms with Gasteiger partial charge in [-0.25, -0.2) is 4.39 Å². The van der Waals surface area contributed by atoms with Gasteiger partial charge in [0.15, 0.2) is 0 Å². The average Bonchev–Trinajstić information content (AvgIpc) is 2.71. The topological polar surface area (TPSA) is 59.3 Å². The van der Waals surface area contributed by atoms with Crippen molar-refractivity contribution in [3.8, 4) is 11.3 Å². The number of carboxylic acids is 1. The summed E-state index contributed by atoms with van der Waals surface area (Å²) in [7, 11) is 0. The first-order valence-corrected chi connectivity index (χ1v) is 7.52. The third-order valence-corrected chi connectivity index (χ3v) is 4.18. The van der Waals surface area contributed by atoms with Crippen LogP contribution in [0.2, 0.25) is 0 Å². The summed E-state index contributed by atoms with van der Waals surface area (Å²) in [4.78, 5) is 22.2. The van der Waals surface area contributed by atoms with Crippen LogP contribution in [-0.4, -0.2) is 15.6 Å². The maximum atomic E-state index is 13.1. The number of rotatable bonds is 5. The van der Waals surface area contributed by atoms with Crippen molar-refractivity contribution in [2.24, 2.45) is 0 Å². The van der Waals surface area contributed by atoms with Crippen molar-refractivity contribution in [3.63, 3.8) is 0 Å². The van der Waals surface area contributed by atoms with E-state index in [9.17, 15) is 14.0 Å². The molecule has 1 aromatic heterocycles. The maximum Gasteiger partial charge on any atom is 0.307 e. The van der Waals surface area contributed by atoms with E-state index in [4.69, 9.17) is 5.11 Å². The molecule has 2 rings (SSSR count). The van der Waals surface area contributed by atoms with Crippen LogP contribution in [-0.2, 0) is 11.3 Å². The monoisotopic (exact) mass is 359 g/mol. The van der Waals surface area contributed by atoms with Crippen molar-refractivity contribution in [2.75, 3.05) is 0 Å². The van der Waals surface area contributed by atoms with Gasteiger partial charge in [-0.1, -0.05) is 11.3 Å². The zero-order chi connectivity index (χ0) is 14.7. The number of halogens is 2. The van der Waals surface area contributed by atoms with E-state index in [0.29, 0.717) is 28.7 Å². The zero-order valence-corrected chi connectivity index (χ0v) is 12.7. The predicted molar refractivity (Wildman–Crippen MR) is 78.5 cm³/mol. The van der Waals surface area contributed by atoms with Crippen LogP contribution < -0.4 is 4.87 Å². The fourth-order valence-electron chi connectivity index (χ4n) is 1.84. The molecule has 0 aliphatic carbocycles. The lowest BCUT2D eigenvalue weighted by molar-refractivity contribution is -0.137. The van der Waals surface area contributed by atoms with Gasteiger partial charge in [-0.3, -0.25) is 14.2 Å². The number of benzene rings is 1. The quantitative estimate of drug-likeness (QED) is 0.890. The second-order valence-corrected chi connectivity index (χ2v) is 5.83. The van der Waals surface area contributed by atoms with Gasteiger partial charge in [0.05, 0.1) is 5.69 Å². The van der Waals surface area contributed by atoms with E-state index < -0.39 is 5.97 Å². The van der Waals surface area contributed by atoms with Gasteiger partial charge in [0.25, 0.3) is 0 Å². The Morgan fingerprint density at radius 1 is 1.45 bits per heavy atom. The van der Waals surface area contributed by atoms with E-state index >= 15 is 0 Å². The minimum atomic E-state index is -0.891. The predicted octanol–water partition coefficient (Wildman–Crippen LogP) is 3.34. The van der Waals surface area contributed by atoms with E-state index in [1.165, 1.54) is 16.7 Å². The number of hydrogen-bond acceptors (Lipinski definition) is 3. The average molecular weight is 360 g/mol. The van der Waals surface area contributed by atoms with Gasteiger partial charge >= 0.3 is 10.8 Å². The van der Waals surface area contributed by atoms with Crippen LogP contribution in [0.3, 0.4) is 0 Å². The molecule has 0 aliphatic rings. The Morgan fingerprint density at radius 3 is 2.85 bits per heavy atom. The molecule has 0 fully saturated rings. The molecule has 0 spiro atoms. The van der Waals surface area contributed by atoms with Crippen LogP contribution in [0, 0.1) is 5.82 Å². The molecule has 0 radical (unpaired) electrons. The Bertz CT molecular complexity index is 695. The summed E-state index contributed by atoms with van der Waals surface area (Å²) in [5, 5.41) is 10.3. The van der Waals surface area contributed by atoms with Crippen LogP contribution in [0.1, 0.15) is 12.8 Å². The van der Waals surface area contributed by atoms with Crippen LogP contribution in [0.25, 0.3) is 11.3 Å². The molecular weight excluding hydrogens is 349 g/mol. The molecule has 20 heavy (non-hydrogen) atoms. The summed E-state index contributed by atoms with van der Waals surface area (Å²) in [5.74, 6) is -1.26. The minimum absolute atomic E-state index is 0.00626. The summed E-state index contributed by atoms with van der Waals surface area (Å²) in [6.07, 6.45) is 0.379. The molecule has 1 N–H and O–H groups in total. The molecule has 0 saturated heterocycles. The van der Waals surface area contributed by atoms with Gasteiger partial charge < -0.3 is 5.11 Å². The first-order valence-electron chi connectivity index (χ1n) is 5.84. The highest BCUT2D eigenvalue weighted by atomic mass is 79.9. The first-order chi connectivity index (χ1) is 9.49. The summed E-state index contributed by atoms with van der Waals surface area (Å²) >= 11 is 4.32. The smallest absolute Gasteiger partial charge is 0.307 e. The van der Waals surface area contributed by atoms with E-state index in [0.717, 1.165) is 11.3 Å². The number of aliphatic carboxylic acids is 1. The Hall–Kier alpha value is -1.47. The van der Waals surface area contributed by atoms with Crippen molar-refractivity contribution >= 4 is 33.2 Å². The summed E-state index contributed by atoms with van der Waals surface area (Å²) < 4.78 is 15.2. The zero-order valence-electron chi connectivity index (χ0n) is 10.3. The van der Waals surface area contributed by atoms with E-state index in [-0.39, 0.29) is 17.1 Å². The fourth-order valence-corrected chi connectivity index (χ4v) is 3.18. The van der Waals surface area contributed by atoms with Crippen molar-refractivity contribution in [1.82, 2.24) is 4.57 Å². The second-order valence-electron chi connectivity index (χ2n) is 4.16. The van der Waals surface area contributed by atoms with Gasteiger partial charge in [-0.2, -0.15) is 0 Å². The first kappa shape index (κ1) is 14.9. The van der Waals surface area contributed by atoms with Crippen LogP contribution >= 0.6 is 27.3 Å². The van der Waals surface area contributed by atoms with E-state index in [1.807, 2.05) is 0 Å². The van der Waals surface area contributed by atoms with Crippen molar-refractivity contribution in [3.05, 3.63) is 43.5 Å². The summed E-state index contributed by atoms with van der Waals surface area (Å²) in [6.45, 7) is 0.327. The highest BCUT2D eigenvalue weighted by molar-refractivity contribution is 9.10. The van der Waals surface area contributed by atoms with Gasteiger partial charge in [0, 0.05) is 28.4 Å². The highest BCUT2D eigenvalue weighted by Gasteiger charge is 2.12. The largest absolute Gasteiger partial charge is 0.481 e. The van der Waals surface area contributed by atoms with Gasteiger partial charge in [0.1, 0.15) is 5.82 Å².